The van der Waals surface area contributed by atoms with E-state index in [2.05, 4.69) is 9.69 Å². The lowest BCUT2D eigenvalue weighted by Gasteiger charge is -2.11. The number of nitrogens with zero attached hydrogens (tertiary/aromatic N) is 1. The lowest BCUT2D eigenvalue weighted by atomic mass is 9.95. The summed E-state index contributed by atoms with van der Waals surface area (Å²) in [6, 6.07) is 1.90. The van der Waals surface area contributed by atoms with Crippen LogP contribution in [0.5, 0.6) is 0 Å². The Morgan fingerprint density at radius 3 is 3.15 bits per heavy atom. The van der Waals surface area contributed by atoms with Crippen molar-refractivity contribution < 1.29 is 9.90 Å². The molecule has 2 N–H and O–H groups in total. The van der Waals surface area contributed by atoms with E-state index in [-0.39, 0.29) is 11.8 Å². The largest absolute Gasteiger partial charge is 0.481 e. The van der Waals surface area contributed by atoms with Crippen LogP contribution in [-0.4, -0.2) is 28.5 Å². The Morgan fingerprint density at radius 2 is 2.54 bits per heavy atom. The fourth-order valence-corrected chi connectivity index (χ4v) is 2.40. The van der Waals surface area contributed by atoms with Crippen molar-refractivity contribution in [2.75, 3.05) is 13.1 Å². The lowest BCUT2D eigenvalue weighted by Crippen LogP contribution is -2.20. The second-order valence-electron chi connectivity index (χ2n) is 3.12. The van der Waals surface area contributed by atoms with Gasteiger partial charge in [0.25, 0.3) is 0 Å². The summed E-state index contributed by atoms with van der Waals surface area (Å²) in [4.78, 5) is 11.9. The molecular formula is C8H10N2O2S. The molecule has 0 bridgehead atoms. The van der Waals surface area contributed by atoms with Gasteiger partial charge in [-0.1, -0.05) is 0 Å². The summed E-state index contributed by atoms with van der Waals surface area (Å²) in [5.41, 5.74) is 0. The number of carboxylic acids is 1. The van der Waals surface area contributed by atoms with Gasteiger partial charge in [0.05, 0.1) is 5.92 Å². The molecule has 0 aliphatic carbocycles. The third-order valence-corrected chi connectivity index (χ3v) is 3.23. The van der Waals surface area contributed by atoms with Gasteiger partial charge < -0.3 is 10.4 Å². The van der Waals surface area contributed by atoms with Crippen LogP contribution in [0.1, 0.15) is 10.8 Å². The Hall–Kier alpha value is -0.940. The molecule has 1 aromatic rings. The van der Waals surface area contributed by atoms with E-state index in [0.29, 0.717) is 6.54 Å². The Kier molecular flexibility index (Phi) is 2.28. The van der Waals surface area contributed by atoms with Crippen molar-refractivity contribution in [1.82, 2.24) is 9.69 Å². The zero-order chi connectivity index (χ0) is 9.26. The van der Waals surface area contributed by atoms with Gasteiger partial charge in [-0.25, -0.2) is 4.37 Å². The van der Waals surface area contributed by atoms with E-state index in [0.717, 1.165) is 11.4 Å². The van der Waals surface area contributed by atoms with Gasteiger partial charge >= 0.3 is 5.97 Å². The highest BCUT2D eigenvalue weighted by Crippen LogP contribution is 2.30. The lowest BCUT2D eigenvalue weighted by molar-refractivity contribution is -0.141. The molecule has 0 amide bonds. The molecule has 0 spiro atoms. The molecular weight excluding hydrogens is 188 g/mol. The van der Waals surface area contributed by atoms with E-state index in [1.807, 2.05) is 6.07 Å². The maximum Gasteiger partial charge on any atom is 0.308 e. The van der Waals surface area contributed by atoms with Gasteiger partial charge in [0.2, 0.25) is 0 Å². The monoisotopic (exact) mass is 198 g/mol. The Balaban J connectivity index is 2.19. The van der Waals surface area contributed by atoms with Crippen LogP contribution in [0.2, 0.25) is 0 Å². The highest BCUT2D eigenvalue weighted by Gasteiger charge is 2.34. The highest BCUT2D eigenvalue weighted by atomic mass is 32.1. The molecule has 4 nitrogen and oxygen atoms in total. The van der Waals surface area contributed by atoms with Crippen LogP contribution in [0, 0.1) is 5.92 Å². The Morgan fingerprint density at radius 1 is 1.69 bits per heavy atom. The molecule has 1 aliphatic heterocycles. The first-order valence-corrected chi connectivity index (χ1v) is 4.90. The zero-order valence-electron chi connectivity index (χ0n) is 6.93. The van der Waals surface area contributed by atoms with Gasteiger partial charge in [0.1, 0.15) is 0 Å². The summed E-state index contributed by atoms with van der Waals surface area (Å²) in [7, 11) is 0. The van der Waals surface area contributed by atoms with Gasteiger partial charge in [-0.3, -0.25) is 4.79 Å². The number of aromatic nitrogens is 1. The first kappa shape index (κ1) is 8.65. The highest BCUT2D eigenvalue weighted by molar-refractivity contribution is 7.05. The van der Waals surface area contributed by atoms with Crippen LogP contribution in [0.25, 0.3) is 0 Å². The van der Waals surface area contributed by atoms with Crippen LogP contribution < -0.4 is 5.32 Å². The van der Waals surface area contributed by atoms with Gasteiger partial charge in [0, 0.05) is 30.1 Å². The maximum absolute atomic E-state index is 10.9. The van der Waals surface area contributed by atoms with Gasteiger partial charge in [0.15, 0.2) is 0 Å². The predicted octanol–water partition coefficient (Wildman–Crippen LogP) is 0.531. The molecule has 2 heterocycles. The summed E-state index contributed by atoms with van der Waals surface area (Å²) in [6.45, 7) is 1.32. The van der Waals surface area contributed by atoms with E-state index in [9.17, 15) is 4.79 Å². The molecule has 0 aromatic carbocycles. The van der Waals surface area contributed by atoms with Crippen molar-refractivity contribution in [3.05, 3.63) is 17.1 Å². The number of nitrogens with one attached hydrogen (secondary N) is 1. The fraction of sp³-hybridized carbons (Fsp3) is 0.500. The molecule has 13 heavy (non-hydrogen) atoms. The zero-order valence-corrected chi connectivity index (χ0v) is 7.75. The number of carboxylic acid groups (broad SMARTS) is 1. The van der Waals surface area contributed by atoms with Crippen molar-refractivity contribution in [2.45, 2.75) is 5.92 Å². The molecule has 1 fully saturated rings. The van der Waals surface area contributed by atoms with E-state index in [1.165, 1.54) is 11.5 Å². The van der Waals surface area contributed by atoms with Gasteiger partial charge in [-0.2, -0.15) is 0 Å². The summed E-state index contributed by atoms with van der Waals surface area (Å²) >= 11 is 1.39. The molecule has 2 unspecified atom stereocenters. The van der Waals surface area contributed by atoms with Crippen molar-refractivity contribution in [3.8, 4) is 0 Å². The molecule has 2 rings (SSSR count). The van der Waals surface area contributed by atoms with E-state index < -0.39 is 5.97 Å². The fourth-order valence-electron chi connectivity index (χ4n) is 1.65. The van der Waals surface area contributed by atoms with Crippen LogP contribution in [0.4, 0.5) is 0 Å². The number of aliphatic carboxylic acids is 1. The Bertz CT molecular complexity index is 299. The molecule has 1 saturated heterocycles. The standard InChI is InChI=1S/C8H10N2O2S/c11-8(12)6-4-9-3-5(6)7-1-2-10-13-7/h1-2,5-6,9H,3-4H2,(H,11,12). The maximum atomic E-state index is 10.9. The number of carbonyl (C=O) groups is 1. The second-order valence-corrected chi connectivity index (χ2v) is 3.99. The molecule has 2 atom stereocenters. The molecule has 1 aliphatic rings. The molecule has 0 radical (unpaired) electrons. The number of hydrogen-bond acceptors (Lipinski definition) is 4. The smallest absolute Gasteiger partial charge is 0.308 e. The molecule has 1 aromatic heterocycles. The third-order valence-electron chi connectivity index (χ3n) is 2.35. The molecule has 70 valence electrons. The summed E-state index contributed by atoms with van der Waals surface area (Å²) < 4.78 is 3.98. The van der Waals surface area contributed by atoms with Gasteiger partial charge in [-0.05, 0) is 17.6 Å². The first-order chi connectivity index (χ1) is 6.29. The molecule has 5 heteroatoms. The minimum atomic E-state index is -0.719. The topological polar surface area (TPSA) is 62.2 Å². The van der Waals surface area contributed by atoms with E-state index in [1.54, 1.807) is 6.20 Å². The van der Waals surface area contributed by atoms with E-state index >= 15 is 0 Å². The predicted molar refractivity (Wildman–Crippen MR) is 48.9 cm³/mol. The van der Waals surface area contributed by atoms with Crippen molar-refractivity contribution in [3.63, 3.8) is 0 Å². The molecule has 0 saturated carbocycles. The number of hydrogen-bond donors (Lipinski definition) is 2. The van der Waals surface area contributed by atoms with Crippen LogP contribution >= 0.6 is 11.5 Å². The summed E-state index contributed by atoms with van der Waals surface area (Å²) in [5.74, 6) is -0.908. The van der Waals surface area contributed by atoms with Crippen LogP contribution in [0.15, 0.2) is 12.3 Å². The van der Waals surface area contributed by atoms with E-state index in [4.69, 9.17) is 5.11 Å². The average molecular weight is 198 g/mol. The average Bonchev–Trinajstić information content (AvgIpc) is 2.74. The summed E-state index contributed by atoms with van der Waals surface area (Å²) in [5, 5.41) is 12.0. The normalized spacial score (nSPS) is 27.7. The quantitative estimate of drug-likeness (QED) is 0.727. The first-order valence-electron chi connectivity index (χ1n) is 4.13. The minimum Gasteiger partial charge on any atom is -0.481 e. The van der Waals surface area contributed by atoms with Crippen LogP contribution in [-0.2, 0) is 4.79 Å². The van der Waals surface area contributed by atoms with Crippen molar-refractivity contribution in [1.29, 1.82) is 0 Å². The minimum absolute atomic E-state index is 0.102. The number of rotatable bonds is 2. The van der Waals surface area contributed by atoms with Gasteiger partial charge in [-0.15, -0.1) is 0 Å². The van der Waals surface area contributed by atoms with Crippen LogP contribution in [0.3, 0.4) is 0 Å². The van der Waals surface area contributed by atoms with Crippen molar-refractivity contribution >= 4 is 17.5 Å². The van der Waals surface area contributed by atoms with Crippen molar-refractivity contribution in [2.24, 2.45) is 5.92 Å². The third kappa shape index (κ3) is 1.57. The Labute approximate surface area is 79.8 Å². The SMILES string of the molecule is O=C(O)C1CNCC1c1ccns1. The summed E-state index contributed by atoms with van der Waals surface area (Å²) in [6.07, 6.45) is 1.72. The second kappa shape index (κ2) is 3.43.